The SMILES string of the molecule is Cl.NCc1ccc(I)cc1Br. The van der Waals surface area contributed by atoms with Crippen LogP contribution in [0, 0.1) is 3.57 Å². The first-order chi connectivity index (χ1) is 4.74. The predicted octanol–water partition coefficient (Wildman–Crippen LogP) is 2.93. The van der Waals surface area contributed by atoms with Crippen molar-refractivity contribution in [3.05, 3.63) is 31.8 Å². The van der Waals surface area contributed by atoms with Gasteiger partial charge in [-0.25, -0.2) is 0 Å². The third kappa shape index (κ3) is 3.27. The van der Waals surface area contributed by atoms with E-state index in [2.05, 4.69) is 44.6 Å². The van der Waals surface area contributed by atoms with Crippen LogP contribution in [-0.2, 0) is 6.54 Å². The lowest BCUT2D eigenvalue weighted by Crippen LogP contribution is -1.96. The Morgan fingerprint density at radius 1 is 1.45 bits per heavy atom. The van der Waals surface area contributed by atoms with Gasteiger partial charge in [-0.05, 0) is 40.3 Å². The maximum absolute atomic E-state index is 5.47. The second-order valence-corrected chi connectivity index (χ2v) is 4.04. The van der Waals surface area contributed by atoms with Crippen LogP contribution in [-0.4, -0.2) is 0 Å². The minimum atomic E-state index is 0. The van der Waals surface area contributed by atoms with Gasteiger partial charge in [-0.3, -0.25) is 0 Å². The molecule has 1 rings (SSSR count). The molecule has 0 aromatic heterocycles. The Balaban J connectivity index is 0.000001000. The first-order valence-corrected chi connectivity index (χ1v) is 4.75. The van der Waals surface area contributed by atoms with E-state index in [1.54, 1.807) is 0 Å². The largest absolute Gasteiger partial charge is 0.326 e. The summed E-state index contributed by atoms with van der Waals surface area (Å²) in [5.41, 5.74) is 6.62. The van der Waals surface area contributed by atoms with E-state index in [1.807, 2.05) is 12.1 Å². The average Bonchev–Trinajstić information content (AvgIpc) is 1.88. The Kier molecular flexibility index (Phi) is 5.68. The summed E-state index contributed by atoms with van der Waals surface area (Å²) in [6.45, 7) is 0.595. The monoisotopic (exact) mass is 347 g/mol. The number of hydrogen-bond donors (Lipinski definition) is 1. The first kappa shape index (κ1) is 11.7. The molecule has 11 heavy (non-hydrogen) atoms. The number of rotatable bonds is 1. The Morgan fingerprint density at radius 3 is 2.55 bits per heavy atom. The lowest BCUT2D eigenvalue weighted by molar-refractivity contribution is 1.06. The summed E-state index contributed by atoms with van der Waals surface area (Å²) in [6.07, 6.45) is 0. The van der Waals surface area contributed by atoms with Gasteiger partial charge < -0.3 is 5.73 Å². The van der Waals surface area contributed by atoms with Crippen molar-refractivity contribution in [3.8, 4) is 0 Å². The van der Waals surface area contributed by atoms with Gasteiger partial charge in [-0.1, -0.05) is 22.0 Å². The standard InChI is InChI=1S/C7H7BrIN.ClH/c8-7-3-6(9)2-1-5(7)4-10;/h1-3H,4,10H2;1H. The molecule has 0 bridgehead atoms. The van der Waals surface area contributed by atoms with Crippen molar-refractivity contribution in [3.63, 3.8) is 0 Å². The summed E-state index contributed by atoms with van der Waals surface area (Å²) >= 11 is 5.69. The first-order valence-electron chi connectivity index (χ1n) is 2.88. The van der Waals surface area contributed by atoms with Crippen LogP contribution in [0.4, 0.5) is 0 Å². The van der Waals surface area contributed by atoms with Crippen LogP contribution >= 0.6 is 50.9 Å². The maximum Gasteiger partial charge on any atom is 0.0230 e. The molecule has 0 aliphatic carbocycles. The molecule has 1 aromatic rings. The van der Waals surface area contributed by atoms with Crippen molar-refractivity contribution >= 4 is 50.9 Å². The van der Waals surface area contributed by atoms with Crippen molar-refractivity contribution in [1.82, 2.24) is 0 Å². The van der Waals surface area contributed by atoms with Crippen molar-refractivity contribution < 1.29 is 0 Å². The van der Waals surface area contributed by atoms with Crippen molar-refractivity contribution in [2.75, 3.05) is 0 Å². The number of halogens is 3. The Hall–Kier alpha value is 0.680. The zero-order valence-corrected chi connectivity index (χ0v) is 10.2. The van der Waals surface area contributed by atoms with Crippen LogP contribution in [0.2, 0.25) is 0 Å². The minimum absolute atomic E-state index is 0. The molecule has 0 saturated carbocycles. The van der Waals surface area contributed by atoms with E-state index in [0.717, 1.165) is 10.0 Å². The minimum Gasteiger partial charge on any atom is -0.326 e. The Morgan fingerprint density at radius 2 is 2.09 bits per heavy atom. The molecule has 1 nitrogen and oxygen atoms in total. The van der Waals surface area contributed by atoms with Gasteiger partial charge in [0.25, 0.3) is 0 Å². The fourth-order valence-corrected chi connectivity index (χ4v) is 2.15. The summed E-state index contributed by atoms with van der Waals surface area (Å²) in [4.78, 5) is 0. The Bertz CT molecular complexity index is 242. The van der Waals surface area contributed by atoms with Crippen molar-refractivity contribution in [2.45, 2.75) is 6.54 Å². The summed E-state index contributed by atoms with van der Waals surface area (Å²) in [7, 11) is 0. The summed E-state index contributed by atoms with van der Waals surface area (Å²) in [5, 5.41) is 0. The molecule has 1 aromatic carbocycles. The number of hydrogen-bond acceptors (Lipinski definition) is 1. The van der Waals surface area contributed by atoms with Crippen molar-refractivity contribution in [1.29, 1.82) is 0 Å². The van der Waals surface area contributed by atoms with E-state index in [1.165, 1.54) is 3.57 Å². The van der Waals surface area contributed by atoms with Gasteiger partial charge in [0.1, 0.15) is 0 Å². The van der Waals surface area contributed by atoms with E-state index in [4.69, 9.17) is 5.73 Å². The van der Waals surface area contributed by atoms with Crippen molar-refractivity contribution in [2.24, 2.45) is 5.73 Å². The zero-order valence-electron chi connectivity index (χ0n) is 5.68. The molecule has 0 saturated heterocycles. The third-order valence-corrected chi connectivity index (χ3v) is 2.64. The molecule has 0 atom stereocenters. The lowest BCUT2D eigenvalue weighted by Gasteiger charge is -1.99. The highest BCUT2D eigenvalue weighted by Crippen LogP contribution is 2.18. The molecule has 0 radical (unpaired) electrons. The summed E-state index contributed by atoms with van der Waals surface area (Å²) in [5.74, 6) is 0. The highest BCUT2D eigenvalue weighted by molar-refractivity contribution is 14.1. The molecule has 0 aliphatic heterocycles. The van der Waals surface area contributed by atoms with E-state index < -0.39 is 0 Å². The fraction of sp³-hybridized carbons (Fsp3) is 0.143. The molecule has 62 valence electrons. The molecule has 0 heterocycles. The molecular formula is C7H8BrClIN. The smallest absolute Gasteiger partial charge is 0.0230 e. The average molecular weight is 348 g/mol. The highest BCUT2D eigenvalue weighted by atomic mass is 127. The summed E-state index contributed by atoms with van der Waals surface area (Å²) in [6, 6.07) is 6.14. The van der Waals surface area contributed by atoms with E-state index in [0.29, 0.717) is 6.54 Å². The second kappa shape index (κ2) is 5.35. The van der Waals surface area contributed by atoms with Crippen LogP contribution in [0.3, 0.4) is 0 Å². The quantitative estimate of drug-likeness (QED) is 0.776. The molecular weight excluding hydrogens is 340 g/mol. The zero-order chi connectivity index (χ0) is 7.56. The highest BCUT2D eigenvalue weighted by Gasteiger charge is 1.96. The third-order valence-electron chi connectivity index (χ3n) is 1.24. The van der Waals surface area contributed by atoms with E-state index >= 15 is 0 Å². The summed E-state index contributed by atoms with van der Waals surface area (Å²) < 4.78 is 2.32. The van der Waals surface area contributed by atoms with Gasteiger partial charge in [0, 0.05) is 14.6 Å². The van der Waals surface area contributed by atoms with Gasteiger partial charge in [-0.15, -0.1) is 12.4 Å². The van der Waals surface area contributed by atoms with Gasteiger partial charge in [0.05, 0.1) is 0 Å². The normalized spacial score (nSPS) is 9.00. The molecule has 0 fully saturated rings. The van der Waals surface area contributed by atoms with Crippen LogP contribution < -0.4 is 5.73 Å². The maximum atomic E-state index is 5.47. The molecule has 4 heteroatoms. The Labute approximate surface area is 94.4 Å². The number of nitrogens with two attached hydrogens (primary N) is 1. The topological polar surface area (TPSA) is 26.0 Å². The molecule has 0 aliphatic rings. The van der Waals surface area contributed by atoms with Gasteiger partial charge in [0.15, 0.2) is 0 Å². The second-order valence-electron chi connectivity index (χ2n) is 1.94. The van der Waals surface area contributed by atoms with Gasteiger partial charge >= 0.3 is 0 Å². The van der Waals surface area contributed by atoms with E-state index in [-0.39, 0.29) is 12.4 Å². The van der Waals surface area contributed by atoms with Gasteiger partial charge in [0.2, 0.25) is 0 Å². The van der Waals surface area contributed by atoms with Gasteiger partial charge in [-0.2, -0.15) is 0 Å². The molecule has 0 unspecified atom stereocenters. The van der Waals surface area contributed by atoms with Crippen LogP contribution in [0.5, 0.6) is 0 Å². The molecule has 0 spiro atoms. The molecule has 2 N–H and O–H groups in total. The molecule has 0 amide bonds. The predicted molar refractivity (Wildman–Crippen MR) is 62.0 cm³/mol. The number of benzene rings is 1. The van der Waals surface area contributed by atoms with Crippen LogP contribution in [0.25, 0.3) is 0 Å². The lowest BCUT2D eigenvalue weighted by atomic mass is 10.2. The fourth-order valence-electron chi connectivity index (χ4n) is 0.687. The van der Waals surface area contributed by atoms with Crippen LogP contribution in [0.15, 0.2) is 22.7 Å². The van der Waals surface area contributed by atoms with E-state index in [9.17, 15) is 0 Å². The van der Waals surface area contributed by atoms with Crippen LogP contribution in [0.1, 0.15) is 5.56 Å².